The number of nitrogens with zero attached hydrogens (tertiary/aromatic N) is 3. The van der Waals surface area contributed by atoms with E-state index >= 15 is 4.39 Å². The molecule has 1 amide bonds. The molecule has 2 fully saturated rings. The Bertz CT molecular complexity index is 1090. The van der Waals surface area contributed by atoms with E-state index in [1.54, 1.807) is 11.0 Å². The summed E-state index contributed by atoms with van der Waals surface area (Å²) < 4.78 is 17.2. The molecular formula is C21H24FN3O4. The summed E-state index contributed by atoms with van der Waals surface area (Å²) >= 11 is 0. The van der Waals surface area contributed by atoms with E-state index in [0.29, 0.717) is 30.8 Å². The first-order valence-electron chi connectivity index (χ1n) is 9.84. The number of amides is 1. The second kappa shape index (κ2) is 6.86. The number of hydrogen-bond donors (Lipinski definition) is 1. The Morgan fingerprint density at radius 1 is 1.24 bits per heavy atom. The van der Waals surface area contributed by atoms with Crippen LogP contribution in [-0.2, 0) is 4.79 Å². The fourth-order valence-electron chi connectivity index (χ4n) is 4.33. The van der Waals surface area contributed by atoms with Gasteiger partial charge >= 0.3 is 5.97 Å². The average Bonchev–Trinajstić information content (AvgIpc) is 3.48. The molecule has 0 spiro atoms. The van der Waals surface area contributed by atoms with Crippen LogP contribution in [0.1, 0.15) is 48.7 Å². The Kier molecular flexibility index (Phi) is 4.59. The van der Waals surface area contributed by atoms with Crippen molar-refractivity contribution in [3.05, 3.63) is 39.4 Å². The lowest BCUT2D eigenvalue weighted by molar-refractivity contribution is -0.131. The molecule has 1 aromatic carbocycles. The monoisotopic (exact) mass is 401 g/mol. The number of pyridine rings is 1. The number of carbonyl (C=O) groups is 2. The average molecular weight is 401 g/mol. The van der Waals surface area contributed by atoms with Crippen LogP contribution in [0.2, 0.25) is 0 Å². The van der Waals surface area contributed by atoms with Crippen molar-refractivity contribution in [2.45, 2.75) is 45.7 Å². The van der Waals surface area contributed by atoms with E-state index in [4.69, 9.17) is 0 Å². The predicted octanol–water partition coefficient (Wildman–Crippen LogP) is 2.54. The number of hydrogen-bond acceptors (Lipinski definition) is 4. The third-order valence-corrected chi connectivity index (χ3v) is 6.02. The van der Waals surface area contributed by atoms with Gasteiger partial charge in [-0.15, -0.1) is 0 Å². The second-order valence-electron chi connectivity index (χ2n) is 8.05. The van der Waals surface area contributed by atoms with Crippen molar-refractivity contribution in [1.82, 2.24) is 9.47 Å². The molecule has 2 aromatic rings. The number of carbonyl (C=O) groups excluding carboxylic acids is 1. The van der Waals surface area contributed by atoms with Crippen LogP contribution in [0.4, 0.5) is 10.1 Å². The summed E-state index contributed by atoms with van der Waals surface area (Å²) in [4.78, 5) is 39.7. The Hall–Kier alpha value is -2.90. The van der Waals surface area contributed by atoms with E-state index in [1.807, 2.05) is 16.4 Å². The van der Waals surface area contributed by atoms with Crippen molar-refractivity contribution in [2.75, 3.05) is 24.5 Å². The van der Waals surface area contributed by atoms with Gasteiger partial charge in [-0.1, -0.05) is 0 Å². The molecule has 1 atom stereocenters. The lowest BCUT2D eigenvalue weighted by Crippen LogP contribution is -2.53. The van der Waals surface area contributed by atoms with E-state index < -0.39 is 17.2 Å². The van der Waals surface area contributed by atoms with Crippen LogP contribution in [0.15, 0.2) is 17.1 Å². The minimum absolute atomic E-state index is 0.00362. The fourth-order valence-corrected chi connectivity index (χ4v) is 4.33. The molecule has 0 radical (unpaired) electrons. The highest BCUT2D eigenvalue weighted by molar-refractivity contribution is 5.95. The van der Waals surface area contributed by atoms with Crippen LogP contribution in [0.25, 0.3) is 10.9 Å². The normalized spacial score (nSPS) is 19.7. The van der Waals surface area contributed by atoms with Crippen LogP contribution in [-0.4, -0.2) is 52.1 Å². The maximum absolute atomic E-state index is 15.3. The second-order valence-corrected chi connectivity index (χ2v) is 8.05. The van der Waals surface area contributed by atoms with Crippen molar-refractivity contribution in [1.29, 1.82) is 0 Å². The minimum atomic E-state index is -1.30. The van der Waals surface area contributed by atoms with Gasteiger partial charge in [-0.05, 0) is 32.8 Å². The van der Waals surface area contributed by atoms with Gasteiger partial charge in [0.1, 0.15) is 11.4 Å². The van der Waals surface area contributed by atoms with Gasteiger partial charge < -0.3 is 19.5 Å². The van der Waals surface area contributed by atoms with Crippen LogP contribution in [0.3, 0.4) is 0 Å². The molecule has 8 heteroatoms. The Labute approximate surface area is 167 Å². The lowest BCUT2D eigenvalue weighted by Gasteiger charge is -2.41. The molecule has 0 bridgehead atoms. The van der Waals surface area contributed by atoms with Crippen LogP contribution >= 0.6 is 0 Å². The standard InChI is InChI=1S/C21H24FN3O4/c1-11-9-23(6-7-24(11)13(3)26)17-8-16-18(12(2)19(17)22)20(27)15(21(28)29)10-25(16)14-4-5-14/h8,10-11,14H,4-7,9H2,1-3H3,(H,28,29). The molecule has 7 nitrogen and oxygen atoms in total. The molecule has 1 saturated carbocycles. The van der Waals surface area contributed by atoms with E-state index in [9.17, 15) is 19.5 Å². The molecule has 1 N–H and O–H groups in total. The van der Waals surface area contributed by atoms with Crippen molar-refractivity contribution < 1.29 is 19.1 Å². The molecule has 29 heavy (non-hydrogen) atoms. The fraction of sp³-hybridized carbons (Fsp3) is 0.476. The number of carboxylic acid groups (broad SMARTS) is 1. The quantitative estimate of drug-likeness (QED) is 0.855. The van der Waals surface area contributed by atoms with E-state index in [0.717, 1.165) is 12.8 Å². The minimum Gasteiger partial charge on any atom is -0.477 e. The van der Waals surface area contributed by atoms with Crippen molar-refractivity contribution >= 4 is 28.5 Å². The first-order valence-corrected chi connectivity index (χ1v) is 9.84. The zero-order chi connectivity index (χ0) is 21.0. The number of piperazine rings is 1. The number of aryl methyl sites for hydroxylation is 1. The highest BCUT2D eigenvalue weighted by atomic mass is 19.1. The zero-order valence-corrected chi connectivity index (χ0v) is 16.7. The number of halogens is 1. The largest absolute Gasteiger partial charge is 0.477 e. The summed E-state index contributed by atoms with van der Waals surface area (Å²) in [6.45, 7) is 6.47. The molecule has 1 aliphatic carbocycles. The van der Waals surface area contributed by atoms with E-state index in [1.165, 1.54) is 20.0 Å². The topological polar surface area (TPSA) is 82.8 Å². The van der Waals surface area contributed by atoms with E-state index in [2.05, 4.69) is 0 Å². The summed E-state index contributed by atoms with van der Waals surface area (Å²) in [7, 11) is 0. The van der Waals surface area contributed by atoms with E-state index in [-0.39, 0.29) is 34.5 Å². The van der Waals surface area contributed by atoms with Gasteiger partial charge in [0.2, 0.25) is 11.3 Å². The molecule has 2 heterocycles. The molecule has 154 valence electrons. The van der Waals surface area contributed by atoms with Gasteiger partial charge in [-0.2, -0.15) is 0 Å². The number of fused-ring (bicyclic) bond motifs is 1. The number of carboxylic acids is 1. The number of aromatic carboxylic acids is 1. The zero-order valence-electron chi connectivity index (χ0n) is 16.7. The summed E-state index contributed by atoms with van der Waals surface area (Å²) in [5, 5.41) is 9.55. The SMILES string of the molecule is CC(=O)N1CCN(c2cc3c(c(C)c2F)c(=O)c(C(=O)O)cn3C2CC2)CC1C. The number of rotatable bonds is 3. The van der Waals surface area contributed by atoms with Gasteiger partial charge in [-0.25, -0.2) is 9.18 Å². The number of aromatic nitrogens is 1. The maximum atomic E-state index is 15.3. The molecule has 1 unspecified atom stereocenters. The predicted molar refractivity (Wildman–Crippen MR) is 107 cm³/mol. The maximum Gasteiger partial charge on any atom is 0.341 e. The molecular weight excluding hydrogens is 377 g/mol. The van der Waals surface area contributed by atoms with Gasteiger partial charge in [0, 0.05) is 50.4 Å². The Morgan fingerprint density at radius 2 is 1.93 bits per heavy atom. The Balaban J connectivity index is 1.88. The summed E-state index contributed by atoms with van der Waals surface area (Å²) in [6, 6.07) is 1.73. The van der Waals surface area contributed by atoms with Crippen LogP contribution in [0.5, 0.6) is 0 Å². The molecule has 1 aromatic heterocycles. The highest BCUT2D eigenvalue weighted by Crippen LogP contribution is 2.39. The van der Waals surface area contributed by atoms with Gasteiger partial charge in [0.15, 0.2) is 0 Å². The van der Waals surface area contributed by atoms with Crippen LogP contribution in [0, 0.1) is 12.7 Å². The van der Waals surface area contributed by atoms with Gasteiger partial charge in [0.25, 0.3) is 0 Å². The smallest absolute Gasteiger partial charge is 0.341 e. The molecule has 2 aliphatic rings. The Morgan fingerprint density at radius 3 is 2.48 bits per heavy atom. The van der Waals surface area contributed by atoms with Crippen LogP contribution < -0.4 is 10.3 Å². The molecule has 1 saturated heterocycles. The van der Waals surface area contributed by atoms with Crippen molar-refractivity contribution in [3.8, 4) is 0 Å². The molecule has 1 aliphatic heterocycles. The lowest BCUT2D eigenvalue weighted by atomic mass is 10.0. The van der Waals surface area contributed by atoms with Crippen molar-refractivity contribution in [2.24, 2.45) is 0 Å². The first kappa shape index (κ1) is 19.4. The van der Waals surface area contributed by atoms with Gasteiger partial charge in [0.05, 0.1) is 16.6 Å². The molecule has 4 rings (SSSR count). The first-order chi connectivity index (χ1) is 13.7. The van der Waals surface area contributed by atoms with Gasteiger partial charge in [-0.3, -0.25) is 9.59 Å². The third-order valence-electron chi connectivity index (χ3n) is 6.02. The third kappa shape index (κ3) is 3.16. The summed E-state index contributed by atoms with van der Waals surface area (Å²) in [5.74, 6) is -1.82. The highest BCUT2D eigenvalue weighted by Gasteiger charge is 2.31. The summed E-state index contributed by atoms with van der Waals surface area (Å²) in [5.41, 5.74) is 0.145. The number of benzene rings is 1. The summed E-state index contributed by atoms with van der Waals surface area (Å²) in [6.07, 6.45) is 3.19. The van der Waals surface area contributed by atoms with Crippen molar-refractivity contribution in [3.63, 3.8) is 0 Å². The number of anilines is 1.